The zero-order chi connectivity index (χ0) is 13.2. The predicted molar refractivity (Wildman–Crippen MR) is 71.6 cm³/mol. The van der Waals surface area contributed by atoms with Crippen molar-refractivity contribution in [2.45, 2.75) is 32.2 Å². The topological polar surface area (TPSA) is 62.6 Å². The van der Waals surface area contributed by atoms with Crippen LogP contribution in [0.25, 0.3) is 0 Å². The summed E-state index contributed by atoms with van der Waals surface area (Å²) in [5.74, 6) is 2.65. The number of aromatic nitrogens is 5. The van der Waals surface area contributed by atoms with Gasteiger partial charge < -0.3 is 9.55 Å². The van der Waals surface area contributed by atoms with Gasteiger partial charge in [-0.25, -0.2) is 4.98 Å². The summed E-state index contributed by atoms with van der Waals surface area (Å²) in [6, 6.07) is 0. The standard InChI is InChI=1S/C13H20N6/c1-10-16-17-13(18(10)2)8-19-5-3-11(4-6-19)12-7-14-9-15-12/h7,9,11H,3-6,8H2,1-2H3,(H,14,15). The Morgan fingerprint density at radius 3 is 2.68 bits per heavy atom. The quantitative estimate of drug-likeness (QED) is 0.901. The van der Waals surface area contributed by atoms with E-state index < -0.39 is 0 Å². The van der Waals surface area contributed by atoms with Gasteiger partial charge in [0, 0.05) is 24.9 Å². The van der Waals surface area contributed by atoms with E-state index in [9.17, 15) is 0 Å². The molecular weight excluding hydrogens is 240 g/mol. The summed E-state index contributed by atoms with van der Waals surface area (Å²) in [5, 5.41) is 8.34. The van der Waals surface area contributed by atoms with Gasteiger partial charge in [0.25, 0.3) is 0 Å². The smallest absolute Gasteiger partial charge is 0.146 e. The van der Waals surface area contributed by atoms with Gasteiger partial charge in [-0.2, -0.15) is 0 Å². The molecule has 0 bridgehead atoms. The van der Waals surface area contributed by atoms with Gasteiger partial charge in [0.05, 0.1) is 12.9 Å². The molecule has 0 aliphatic carbocycles. The first-order valence-corrected chi connectivity index (χ1v) is 6.79. The van der Waals surface area contributed by atoms with Crippen LogP contribution < -0.4 is 0 Å². The van der Waals surface area contributed by atoms with Crippen LogP contribution in [0.2, 0.25) is 0 Å². The highest BCUT2D eigenvalue weighted by molar-refractivity contribution is 5.05. The van der Waals surface area contributed by atoms with Crippen molar-refractivity contribution < 1.29 is 0 Å². The van der Waals surface area contributed by atoms with Crippen molar-refractivity contribution >= 4 is 0 Å². The van der Waals surface area contributed by atoms with Crippen molar-refractivity contribution in [2.24, 2.45) is 7.05 Å². The molecular formula is C13H20N6. The van der Waals surface area contributed by atoms with E-state index in [1.165, 1.54) is 18.5 Å². The lowest BCUT2D eigenvalue weighted by atomic mass is 9.94. The molecule has 0 saturated carbocycles. The lowest BCUT2D eigenvalue weighted by Crippen LogP contribution is -2.33. The van der Waals surface area contributed by atoms with Gasteiger partial charge in [-0.05, 0) is 32.9 Å². The third-order valence-corrected chi connectivity index (χ3v) is 4.09. The van der Waals surface area contributed by atoms with Crippen LogP contribution in [0.1, 0.15) is 36.1 Å². The van der Waals surface area contributed by atoms with Crippen LogP contribution in [-0.2, 0) is 13.6 Å². The fourth-order valence-corrected chi connectivity index (χ4v) is 2.68. The van der Waals surface area contributed by atoms with Crippen LogP contribution >= 0.6 is 0 Å². The second-order valence-electron chi connectivity index (χ2n) is 5.28. The zero-order valence-electron chi connectivity index (χ0n) is 11.5. The zero-order valence-corrected chi connectivity index (χ0v) is 11.5. The maximum Gasteiger partial charge on any atom is 0.146 e. The highest BCUT2D eigenvalue weighted by Gasteiger charge is 2.22. The molecule has 1 aliphatic heterocycles. The minimum Gasteiger partial charge on any atom is -0.348 e. The van der Waals surface area contributed by atoms with Gasteiger partial charge in [0.15, 0.2) is 0 Å². The first kappa shape index (κ1) is 12.3. The minimum atomic E-state index is 0.625. The number of hydrogen-bond donors (Lipinski definition) is 1. The van der Waals surface area contributed by atoms with E-state index in [-0.39, 0.29) is 0 Å². The van der Waals surface area contributed by atoms with Crippen LogP contribution in [0.15, 0.2) is 12.5 Å². The molecule has 2 aromatic heterocycles. The molecule has 0 amide bonds. The molecule has 1 aliphatic rings. The van der Waals surface area contributed by atoms with E-state index >= 15 is 0 Å². The number of aromatic amines is 1. The van der Waals surface area contributed by atoms with Gasteiger partial charge >= 0.3 is 0 Å². The highest BCUT2D eigenvalue weighted by Crippen LogP contribution is 2.26. The number of H-pyrrole nitrogens is 1. The lowest BCUT2D eigenvalue weighted by Gasteiger charge is -2.30. The van der Waals surface area contributed by atoms with E-state index in [4.69, 9.17) is 0 Å². The van der Waals surface area contributed by atoms with Crippen molar-refractivity contribution in [1.82, 2.24) is 29.6 Å². The van der Waals surface area contributed by atoms with Gasteiger partial charge in [-0.1, -0.05) is 0 Å². The molecule has 102 valence electrons. The highest BCUT2D eigenvalue weighted by atomic mass is 15.3. The van der Waals surface area contributed by atoms with E-state index in [1.54, 1.807) is 6.33 Å². The summed E-state index contributed by atoms with van der Waals surface area (Å²) in [4.78, 5) is 9.79. The van der Waals surface area contributed by atoms with Crippen molar-refractivity contribution in [3.63, 3.8) is 0 Å². The number of imidazole rings is 1. The first-order chi connectivity index (χ1) is 9.24. The van der Waals surface area contributed by atoms with Crippen LogP contribution in [0.5, 0.6) is 0 Å². The Labute approximate surface area is 112 Å². The number of likely N-dealkylation sites (tertiary alicyclic amines) is 1. The molecule has 2 aromatic rings. The van der Waals surface area contributed by atoms with Crippen molar-refractivity contribution in [2.75, 3.05) is 13.1 Å². The van der Waals surface area contributed by atoms with E-state index in [0.29, 0.717) is 5.92 Å². The molecule has 3 heterocycles. The fraction of sp³-hybridized carbons (Fsp3) is 0.615. The first-order valence-electron chi connectivity index (χ1n) is 6.79. The summed E-state index contributed by atoms with van der Waals surface area (Å²) in [6.07, 6.45) is 6.08. The van der Waals surface area contributed by atoms with E-state index in [1.807, 2.05) is 20.2 Å². The van der Waals surface area contributed by atoms with Gasteiger partial charge in [0.1, 0.15) is 11.6 Å². The molecule has 6 heteroatoms. The van der Waals surface area contributed by atoms with Crippen molar-refractivity contribution in [3.8, 4) is 0 Å². The van der Waals surface area contributed by atoms with E-state index in [0.717, 1.165) is 31.3 Å². The molecule has 1 N–H and O–H groups in total. The Morgan fingerprint density at radius 1 is 1.32 bits per heavy atom. The molecule has 1 saturated heterocycles. The minimum absolute atomic E-state index is 0.625. The molecule has 19 heavy (non-hydrogen) atoms. The average Bonchev–Trinajstić information content (AvgIpc) is 3.06. The number of nitrogens with one attached hydrogen (secondary N) is 1. The maximum atomic E-state index is 4.23. The maximum absolute atomic E-state index is 4.23. The number of piperidine rings is 1. The summed E-state index contributed by atoms with van der Waals surface area (Å²) in [5.41, 5.74) is 1.27. The summed E-state index contributed by atoms with van der Waals surface area (Å²) < 4.78 is 2.07. The molecule has 0 aromatic carbocycles. The molecule has 3 rings (SSSR count). The van der Waals surface area contributed by atoms with Crippen LogP contribution in [0.3, 0.4) is 0 Å². The molecule has 0 radical (unpaired) electrons. The number of hydrogen-bond acceptors (Lipinski definition) is 4. The van der Waals surface area contributed by atoms with Gasteiger partial charge in [0.2, 0.25) is 0 Å². The van der Waals surface area contributed by atoms with Gasteiger partial charge in [-0.3, -0.25) is 4.90 Å². The molecule has 6 nitrogen and oxygen atoms in total. The monoisotopic (exact) mass is 260 g/mol. The second kappa shape index (κ2) is 5.13. The van der Waals surface area contributed by atoms with Crippen LogP contribution in [0, 0.1) is 6.92 Å². The fourth-order valence-electron chi connectivity index (χ4n) is 2.68. The Hall–Kier alpha value is -1.69. The van der Waals surface area contributed by atoms with Crippen LogP contribution in [-0.4, -0.2) is 42.7 Å². The van der Waals surface area contributed by atoms with E-state index in [2.05, 4.69) is 29.6 Å². The van der Waals surface area contributed by atoms with Crippen LogP contribution in [0.4, 0.5) is 0 Å². The molecule has 0 atom stereocenters. The average molecular weight is 260 g/mol. The summed E-state index contributed by atoms with van der Waals surface area (Å²) >= 11 is 0. The summed E-state index contributed by atoms with van der Waals surface area (Å²) in [7, 11) is 2.03. The van der Waals surface area contributed by atoms with Crippen molar-refractivity contribution in [1.29, 1.82) is 0 Å². The Bertz CT molecular complexity index is 521. The molecule has 0 spiro atoms. The largest absolute Gasteiger partial charge is 0.348 e. The molecule has 0 unspecified atom stereocenters. The lowest BCUT2D eigenvalue weighted by molar-refractivity contribution is 0.197. The van der Waals surface area contributed by atoms with Crippen molar-refractivity contribution in [3.05, 3.63) is 29.9 Å². The number of aryl methyl sites for hydroxylation is 1. The number of rotatable bonds is 3. The Morgan fingerprint density at radius 2 is 2.11 bits per heavy atom. The second-order valence-corrected chi connectivity index (χ2v) is 5.28. The SMILES string of the molecule is Cc1nnc(CN2CCC(c3cnc[nH]3)CC2)n1C. The Kier molecular flexibility index (Phi) is 3.33. The molecule has 1 fully saturated rings. The predicted octanol–water partition coefficient (Wildman–Crippen LogP) is 1.23. The summed E-state index contributed by atoms with van der Waals surface area (Å²) in [6.45, 7) is 5.10. The third kappa shape index (κ3) is 2.53. The number of nitrogens with zero attached hydrogens (tertiary/aromatic N) is 5. The third-order valence-electron chi connectivity index (χ3n) is 4.09. The van der Waals surface area contributed by atoms with Gasteiger partial charge in [-0.15, -0.1) is 10.2 Å². The normalized spacial score (nSPS) is 18.0. The Balaban J connectivity index is 1.57.